The van der Waals surface area contributed by atoms with E-state index in [1.54, 1.807) is 7.11 Å². The van der Waals surface area contributed by atoms with E-state index >= 15 is 0 Å². The van der Waals surface area contributed by atoms with Crippen LogP contribution < -0.4 is 10.1 Å². The van der Waals surface area contributed by atoms with E-state index in [0.29, 0.717) is 0 Å². The lowest BCUT2D eigenvalue weighted by atomic mass is 10.2. The Morgan fingerprint density at radius 3 is 2.80 bits per heavy atom. The van der Waals surface area contributed by atoms with Crippen LogP contribution in [-0.4, -0.2) is 19.0 Å². The highest BCUT2D eigenvalue weighted by atomic mass is 35.5. The lowest BCUT2D eigenvalue weighted by molar-refractivity contribution is 0.407. The second-order valence-electron chi connectivity index (χ2n) is 3.56. The first kappa shape index (κ1) is 12.3. The van der Waals surface area contributed by atoms with E-state index in [4.69, 9.17) is 16.3 Å². The van der Waals surface area contributed by atoms with Crippen molar-refractivity contribution in [2.24, 2.45) is 0 Å². The molecule has 0 heterocycles. The molecule has 1 atom stereocenters. The summed E-state index contributed by atoms with van der Waals surface area (Å²) in [4.78, 5) is 0. The highest BCUT2D eigenvalue weighted by molar-refractivity contribution is 6.20. The fourth-order valence-corrected chi connectivity index (χ4v) is 1.48. The molecule has 15 heavy (non-hydrogen) atoms. The molecule has 0 amide bonds. The van der Waals surface area contributed by atoms with Crippen LogP contribution >= 0.6 is 11.6 Å². The molecule has 0 saturated carbocycles. The zero-order valence-corrected chi connectivity index (χ0v) is 10.1. The number of methoxy groups -OCH3 is 1. The van der Waals surface area contributed by atoms with E-state index in [9.17, 15) is 0 Å². The van der Waals surface area contributed by atoms with E-state index < -0.39 is 0 Å². The largest absolute Gasteiger partial charge is 0.496 e. The van der Waals surface area contributed by atoms with Crippen LogP contribution in [-0.2, 0) is 6.54 Å². The van der Waals surface area contributed by atoms with Gasteiger partial charge in [-0.25, -0.2) is 0 Å². The molecule has 1 rings (SSSR count). The van der Waals surface area contributed by atoms with E-state index in [0.717, 1.165) is 25.3 Å². The number of para-hydroxylation sites is 1. The summed E-state index contributed by atoms with van der Waals surface area (Å²) in [5.74, 6) is 0.934. The first-order chi connectivity index (χ1) is 7.24. The average molecular weight is 228 g/mol. The lowest BCUT2D eigenvalue weighted by Gasteiger charge is -2.09. The van der Waals surface area contributed by atoms with Crippen LogP contribution in [0.2, 0.25) is 0 Å². The summed E-state index contributed by atoms with van der Waals surface area (Å²) in [6, 6.07) is 8.03. The summed E-state index contributed by atoms with van der Waals surface area (Å²) in [6.45, 7) is 3.77. The van der Waals surface area contributed by atoms with Crippen LogP contribution in [0.25, 0.3) is 0 Å². The molecule has 1 unspecified atom stereocenters. The van der Waals surface area contributed by atoms with Gasteiger partial charge >= 0.3 is 0 Å². The first-order valence-corrected chi connectivity index (χ1v) is 5.64. The third-order valence-electron chi connectivity index (χ3n) is 2.23. The van der Waals surface area contributed by atoms with Crippen molar-refractivity contribution >= 4 is 11.6 Å². The van der Waals surface area contributed by atoms with Crippen molar-refractivity contribution < 1.29 is 4.74 Å². The van der Waals surface area contributed by atoms with E-state index in [2.05, 4.69) is 11.4 Å². The Hall–Kier alpha value is -0.730. The number of benzene rings is 1. The molecule has 0 spiro atoms. The molecule has 0 bridgehead atoms. The third kappa shape index (κ3) is 4.54. The molecule has 1 aromatic rings. The van der Waals surface area contributed by atoms with Gasteiger partial charge in [-0.15, -0.1) is 11.6 Å². The molecular formula is C12H18ClNO. The molecule has 1 N–H and O–H groups in total. The fourth-order valence-electron chi connectivity index (χ4n) is 1.37. The maximum atomic E-state index is 5.85. The summed E-state index contributed by atoms with van der Waals surface area (Å²) in [7, 11) is 1.69. The summed E-state index contributed by atoms with van der Waals surface area (Å²) in [5.41, 5.74) is 1.18. The van der Waals surface area contributed by atoms with Gasteiger partial charge in [-0.2, -0.15) is 0 Å². The van der Waals surface area contributed by atoms with Gasteiger partial charge in [0.15, 0.2) is 0 Å². The highest BCUT2D eigenvalue weighted by Crippen LogP contribution is 2.16. The number of alkyl halides is 1. The zero-order valence-electron chi connectivity index (χ0n) is 9.29. The molecule has 84 valence electrons. The molecule has 0 aliphatic carbocycles. The topological polar surface area (TPSA) is 21.3 Å². The van der Waals surface area contributed by atoms with Gasteiger partial charge in [0, 0.05) is 17.5 Å². The first-order valence-electron chi connectivity index (χ1n) is 5.20. The van der Waals surface area contributed by atoms with Gasteiger partial charge in [0.2, 0.25) is 0 Å². The van der Waals surface area contributed by atoms with Gasteiger partial charge in [0.05, 0.1) is 7.11 Å². The van der Waals surface area contributed by atoms with Crippen molar-refractivity contribution in [2.75, 3.05) is 13.7 Å². The Morgan fingerprint density at radius 2 is 2.13 bits per heavy atom. The van der Waals surface area contributed by atoms with Crippen molar-refractivity contribution in [3.8, 4) is 5.75 Å². The van der Waals surface area contributed by atoms with Crippen molar-refractivity contribution in [2.45, 2.75) is 25.3 Å². The molecule has 0 aliphatic heterocycles. The molecule has 1 aromatic carbocycles. The standard InChI is InChI=1S/C12H18ClNO/c1-10(13)7-8-14-9-11-5-3-4-6-12(11)15-2/h3-6,10,14H,7-9H2,1-2H3. The van der Waals surface area contributed by atoms with Gasteiger partial charge < -0.3 is 10.1 Å². The maximum Gasteiger partial charge on any atom is 0.123 e. The van der Waals surface area contributed by atoms with Gasteiger partial charge in [-0.1, -0.05) is 18.2 Å². The number of halogens is 1. The van der Waals surface area contributed by atoms with Crippen LogP contribution in [0.4, 0.5) is 0 Å². The summed E-state index contributed by atoms with van der Waals surface area (Å²) >= 11 is 5.85. The van der Waals surface area contributed by atoms with Crippen molar-refractivity contribution in [1.29, 1.82) is 0 Å². The molecule has 0 aromatic heterocycles. The van der Waals surface area contributed by atoms with E-state index in [1.165, 1.54) is 5.56 Å². The fraction of sp³-hybridized carbons (Fsp3) is 0.500. The predicted octanol–water partition coefficient (Wildman–Crippen LogP) is 2.80. The molecule has 0 aliphatic rings. The summed E-state index contributed by atoms with van der Waals surface area (Å²) in [5, 5.41) is 3.57. The van der Waals surface area contributed by atoms with Crippen LogP contribution in [0.5, 0.6) is 5.75 Å². The molecule has 0 fully saturated rings. The molecule has 0 radical (unpaired) electrons. The van der Waals surface area contributed by atoms with Crippen molar-refractivity contribution in [3.63, 3.8) is 0 Å². The van der Waals surface area contributed by atoms with Gasteiger partial charge in [-0.3, -0.25) is 0 Å². The van der Waals surface area contributed by atoms with Crippen LogP contribution in [0, 0.1) is 0 Å². The second-order valence-corrected chi connectivity index (χ2v) is 4.30. The minimum atomic E-state index is 0.232. The Bertz CT molecular complexity index is 289. The summed E-state index contributed by atoms with van der Waals surface area (Å²) < 4.78 is 5.26. The van der Waals surface area contributed by atoms with Crippen LogP contribution in [0.3, 0.4) is 0 Å². The lowest BCUT2D eigenvalue weighted by Crippen LogP contribution is -2.17. The van der Waals surface area contributed by atoms with Crippen molar-refractivity contribution in [1.82, 2.24) is 5.32 Å². The number of ether oxygens (including phenoxy) is 1. The summed E-state index contributed by atoms with van der Waals surface area (Å²) in [6.07, 6.45) is 0.983. The van der Waals surface area contributed by atoms with E-state index in [1.807, 2.05) is 25.1 Å². The monoisotopic (exact) mass is 227 g/mol. The number of hydrogen-bond donors (Lipinski definition) is 1. The zero-order chi connectivity index (χ0) is 11.1. The number of rotatable bonds is 6. The number of hydrogen-bond acceptors (Lipinski definition) is 2. The van der Waals surface area contributed by atoms with Crippen LogP contribution in [0.15, 0.2) is 24.3 Å². The quantitative estimate of drug-likeness (QED) is 0.596. The Kier molecular flexibility index (Phi) is 5.51. The molecule has 0 saturated heterocycles. The Morgan fingerprint density at radius 1 is 1.40 bits per heavy atom. The smallest absolute Gasteiger partial charge is 0.123 e. The molecule has 2 nitrogen and oxygen atoms in total. The van der Waals surface area contributed by atoms with Crippen LogP contribution in [0.1, 0.15) is 18.9 Å². The second kappa shape index (κ2) is 6.70. The third-order valence-corrected chi connectivity index (χ3v) is 2.45. The van der Waals surface area contributed by atoms with E-state index in [-0.39, 0.29) is 5.38 Å². The average Bonchev–Trinajstić information content (AvgIpc) is 2.24. The SMILES string of the molecule is COc1ccccc1CNCCC(C)Cl. The van der Waals surface area contributed by atoms with Gasteiger partial charge in [0.1, 0.15) is 5.75 Å². The van der Waals surface area contributed by atoms with Crippen molar-refractivity contribution in [3.05, 3.63) is 29.8 Å². The normalized spacial score (nSPS) is 12.5. The predicted molar refractivity (Wildman–Crippen MR) is 64.6 cm³/mol. The molecular weight excluding hydrogens is 210 g/mol. The minimum absolute atomic E-state index is 0.232. The van der Waals surface area contributed by atoms with Gasteiger partial charge in [-0.05, 0) is 26.0 Å². The Balaban J connectivity index is 2.36. The highest BCUT2D eigenvalue weighted by Gasteiger charge is 2.01. The van der Waals surface area contributed by atoms with Gasteiger partial charge in [0.25, 0.3) is 0 Å². The maximum absolute atomic E-state index is 5.85. The Labute approximate surface area is 96.6 Å². The number of nitrogens with one attached hydrogen (secondary N) is 1. The molecule has 3 heteroatoms. The minimum Gasteiger partial charge on any atom is -0.496 e.